The van der Waals surface area contributed by atoms with E-state index < -0.39 is 46.5 Å². The van der Waals surface area contributed by atoms with Crippen molar-refractivity contribution in [1.29, 1.82) is 0 Å². The van der Waals surface area contributed by atoms with Crippen molar-refractivity contribution in [3.8, 4) is 5.75 Å². The van der Waals surface area contributed by atoms with Crippen molar-refractivity contribution in [3.63, 3.8) is 0 Å². The molecule has 7 nitrogen and oxygen atoms in total. The lowest BCUT2D eigenvalue weighted by Gasteiger charge is -2.11. The Kier molecular flexibility index (Phi) is 3.99. The number of aromatic nitrogens is 2. The molecule has 1 aromatic heterocycles. The summed E-state index contributed by atoms with van der Waals surface area (Å²) in [6.45, 7) is 0. The zero-order valence-electron chi connectivity index (χ0n) is 10.8. The second kappa shape index (κ2) is 5.23. The third-order valence-electron chi connectivity index (χ3n) is 2.52. The first kappa shape index (κ1) is 18.3. The molecule has 0 saturated carbocycles. The number of nitrogens with zero attached hydrogens (tertiary/aromatic N) is 2. The van der Waals surface area contributed by atoms with Gasteiger partial charge in [-0.05, 0) is 12.1 Å². The molecule has 134 valence electrons. The Balaban J connectivity index is 2.59. The van der Waals surface area contributed by atoms with Crippen molar-refractivity contribution in [1.82, 2.24) is 9.19 Å². The molecule has 2 aromatic rings. The molecule has 1 heterocycles. The van der Waals surface area contributed by atoms with E-state index in [0.717, 1.165) is 6.07 Å². The molecule has 0 aliphatic heterocycles. The molecule has 0 bridgehead atoms. The third kappa shape index (κ3) is 3.00. The fourth-order valence-corrected chi connectivity index (χ4v) is 2.73. The first-order chi connectivity index (χ1) is 10.7. The predicted octanol–water partition coefficient (Wildman–Crippen LogP) is 1.96. The molecule has 0 unspecified atom stereocenters. The van der Waals surface area contributed by atoms with E-state index in [1.54, 1.807) is 0 Å². The molecule has 15 heteroatoms. The molecule has 0 amide bonds. The molecular formula is C9H4F6N2O5S2. The van der Waals surface area contributed by atoms with Gasteiger partial charge >= 0.3 is 31.2 Å². The van der Waals surface area contributed by atoms with Crippen molar-refractivity contribution in [2.75, 3.05) is 0 Å². The molecule has 0 aliphatic rings. The molecule has 24 heavy (non-hydrogen) atoms. The lowest BCUT2D eigenvalue weighted by Crippen LogP contribution is -2.30. The Morgan fingerprint density at radius 1 is 0.958 bits per heavy atom. The van der Waals surface area contributed by atoms with E-state index in [0.29, 0.717) is 18.3 Å². The number of rotatable bonds is 3. The fraction of sp³-hybridized carbons (Fsp3) is 0.222. The smallest absolute Gasteiger partial charge is 0.376 e. The van der Waals surface area contributed by atoms with E-state index >= 15 is 0 Å². The summed E-state index contributed by atoms with van der Waals surface area (Å²) < 4.78 is 122. The van der Waals surface area contributed by atoms with E-state index in [2.05, 4.69) is 9.28 Å². The van der Waals surface area contributed by atoms with Crippen LogP contribution in [0.5, 0.6) is 5.75 Å². The van der Waals surface area contributed by atoms with Crippen LogP contribution >= 0.6 is 0 Å². The van der Waals surface area contributed by atoms with E-state index in [4.69, 9.17) is 0 Å². The Hall–Kier alpha value is -2.03. The van der Waals surface area contributed by atoms with Crippen LogP contribution in [-0.4, -0.2) is 37.0 Å². The van der Waals surface area contributed by atoms with Gasteiger partial charge in [-0.25, -0.2) is 0 Å². The molecule has 0 atom stereocenters. The third-order valence-corrected chi connectivity index (χ3v) is 4.83. The second-order valence-corrected chi connectivity index (χ2v) is 7.44. The Morgan fingerprint density at radius 2 is 1.54 bits per heavy atom. The summed E-state index contributed by atoms with van der Waals surface area (Å²) in [7, 11) is -12.1. The minimum Gasteiger partial charge on any atom is -0.376 e. The molecule has 1 aromatic carbocycles. The summed E-state index contributed by atoms with van der Waals surface area (Å²) in [5.74, 6) is -1.04. The average Bonchev–Trinajstić information content (AvgIpc) is 2.78. The topological polar surface area (TPSA) is 95.3 Å². The van der Waals surface area contributed by atoms with Crippen LogP contribution in [0.25, 0.3) is 10.9 Å². The summed E-state index contributed by atoms with van der Waals surface area (Å²) in [5, 5.41) is 2.79. The van der Waals surface area contributed by atoms with Gasteiger partial charge in [0.25, 0.3) is 0 Å². The molecule has 2 rings (SSSR count). The largest absolute Gasteiger partial charge is 0.534 e. The first-order valence-corrected chi connectivity index (χ1v) is 8.32. The van der Waals surface area contributed by atoms with Crippen LogP contribution < -0.4 is 4.18 Å². The van der Waals surface area contributed by atoms with Gasteiger partial charge < -0.3 is 4.18 Å². The van der Waals surface area contributed by atoms with Crippen molar-refractivity contribution >= 4 is 31.0 Å². The standard InChI is InChI=1S/C9H4F6N2O5S2/c10-8(11,12)23(18,19)17-7-3-6(2-1-5(7)4-16-17)22-24(20,21)9(13,14)15/h1-4H. The highest BCUT2D eigenvalue weighted by Gasteiger charge is 2.50. The number of fused-ring (bicyclic) bond motifs is 1. The van der Waals surface area contributed by atoms with Gasteiger partial charge in [-0.2, -0.15) is 48.3 Å². The minimum atomic E-state index is -6.08. The minimum absolute atomic E-state index is 0.209. The van der Waals surface area contributed by atoms with Crippen molar-refractivity contribution in [2.24, 2.45) is 0 Å². The van der Waals surface area contributed by atoms with E-state index in [1.165, 1.54) is 0 Å². The van der Waals surface area contributed by atoms with Gasteiger partial charge in [0.2, 0.25) is 0 Å². The van der Waals surface area contributed by atoms with Crippen molar-refractivity contribution < 1.29 is 47.4 Å². The molecule has 0 saturated heterocycles. The highest BCUT2D eigenvalue weighted by molar-refractivity contribution is 7.90. The first-order valence-electron chi connectivity index (χ1n) is 5.47. The summed E-state index contributed by atoms with van der Waals surface area (Å²) in [6.07, 6.45) is 0.695. The van der Waals surface area contributed by atoms with Crippen LogP contribution in [-0.2, 0) is 20.1 Å². The van der Waals surface area contributed by atoms with Crippen LogP contribution in [0.2, 0.25) is 0 Å². The second-order valence-electron chi connectivity index (χ2n) is 4.14. The maximum absolute atomic E-state index is 12.5. The lowest BCUT2D eigenvalue weighted by molar-refractivity contribution is -0.0500. The van der Waals surface area contributed by atoms with E-state index in [-0.39, 0.29) is 5.39 Å². The Bertz CT molecular complexity index is 990. The van der Waals surface area contributed by atoms with Crippen LogP contribution in [0.4, 0.5) is 26.3 Å². The maximum atomic E-state index is 12.5. The lowest BCUT2D eigenvalue weighted by atomic mass is 10.2. The molecule has 0 spiro atoms. The Morgan fingerprint density at radius 3 is 2.04 bits per heavy atom. The average molecular weight is 398 g/mol. The summed E-state index contributed by atoms with van der Waals surface area (Å²) in [6, 6.07) is 1.90. The zero-order valence-corrected chi connectivity index (χ0v) is 12.5. The highest BCUT2D eigenvalue weighted by Crippen LogP contribution is 2.31. The SMILES string of the molecule is O=S(=O)(Oc1ccc2cnn(S(=O)(=O)C(F)(F)F)c2c1)C(F)(F)F. The summed E-state index contributed by atoms with van der Waals surface area (Å²) >= 11 is 0. The quantitative estimate of drug-likeness (QED) is 0.446. The molecular weight excluding hydrogens is 394 g/mol. The maximum Gasteiger partial charge on any atom is 0.534 e. The molecule has 0 fully saturated rings. The summed E-state index contributed by atoms with van der Waals surface area (Å²) in [4.78, 5) is 0. The van der Waals surface area contributed by atoms with Crippen LogP contribution in [0, 0.1) is 0 Å². The van der Waals surface area contributed by atoms with Crippen LogP contribution in [0.3, 0.4) is 0 Å². The zero-order chi connectivity index (χ0) is 18.6. The van der Waals surface area contributed by atoms with Crippen molar-refractivity contribution in [2.45, 2.75) is 11.0 Å². The van der Waals surface area contributed by atoms with Gasteiger partial charge in [0.15, 0.2) is 0 Å². The molecule has 0 radical (unpaired) electrons. The van der Waals surface area contributed by atoms with Gasteiger partial charge in [0.1, 0.15) is 5.75 Å². The fourth-order valence-electron chi connectivity index (χ4n) is 1.49. The number of hydrogen-bond donors (Lipinski definition) is 0. The van der Waals surface area contributed by atoms with Crippen molar-refractivity contribution in [3.05, 3.63) is 24.4 Å². The van der Waals surface area contributed by atoms with E-state index in [1.807, 2.05) is 0 Å². The predicted molar refractivity (Wildman–Crippen MR) is 65.7 cm³/mol. The highest BCUT2D eigenvalue weighted by atomic mass is 32.2. The normalized spacial score (nSPS) is 14.1. The van der Waals surface area contributed by atoms with Crippen LogP contribution in [0.15, 0.2) is 24.4 Å². The number of halogens is 6. The van der Waals surface area contributed by atoms with Gasteiger partial charge in [-0.1, -0.05) is 0 Å². The van der Waals surface area contributed by atoms with Gasteiger partial charge in [-0.3, -0.25) is 0 Å². The monoisotopic (exact) mass is 398 g/mol. The van der Waals surface area contributed by atoms with Gasteiger partial charge in [-0.15, -0.1) is 4.09 Å². The molecule has 0 N–H and O–H groups in total. The Labute approximate surface area is 129 Å². The van der Waals surface area contributed by atoms with Gasteiger partial charge in [0.05, 0.1) is 11.7 Å². The number of alkyl halides is 6. The molecule has 0 aliphatic carbocycles. The van der Waals surface area contributed by atoms with E-state index in [9.17, 15) is 43.2 Å². The number of benzene rings is 1. The summed E-state index contributed by atoms with van der Waals surface area (Å²) in [5.41, 5.74) is -12.3. The van der Waals surface area contributed by atoms with Crippen LogP contribution in [0.1, 0.15) is 0 Å². The van der Waals surface area contributed by atoms with Gasteiger partial charge in [0, 0.05) is 11.5 Å². The number of hydrogen-bond acceptors (Lipinski definition) is 6.